The molecule has 1 saturated heterocycles. The van der Waals surface area contributed by atoms with E-state index in [1.165, 1.54) is 0 Å². The van der Waals surface area contributed by atoms with E-state index in [0.29, 0.717) is 6.04 Å². The van der Waals surface area contributed by atoms with Crippen LogP contribution in [0.3, 0.4) is 0 Å². The van der Waals surface area contributed by atoms with Gasteiger partial charge in [-0.25, -0.2) is 0 Å². The number of hydrogen-bond acceptors (Lipinski definition) is 3. The molecule has 1 aromatic carbocycles. The summed E-state index contributed by atoms with van der Waals surface area (Å²) >= 11 is 0. The summed E-state index contributed by atoms with van der Waals surface area (Å²) in [5.41, 5.74) is 0.628. The molecule has 16 heavy (non-hydrogen) atoms. The largest absolute Gasteiger partial charge is 0.496 e. The fourth-order valence-corrected chi connectivity index (χ4v) is 2.04. The maximum absolute atomic E-state index is 5.79. The van der Waals surface area contributed by atoms with Crippen molar-refractivity contribution >= 4 is 12.4 Å². The molecular formula is C12H18ClNO2. The Hall–Kier alpha value is -0.770. The van der Waals surface area contributed by atoms with E-state index in [0.717, 1.165) is 17.9 Å². The monoisotopic (exact) mass is 243 g/mol. The fourth-order valence-electron chi connectivity index (χ4n) is 2.04. The van der Waals surface area contributed by atoms with E-state index in [1.807, 2.05) is 31.2 Å². The Bertz CT molecular complexity index is 359. The normalized spacial score (nSPS) is 28.6. The molecule has 1 heterocycles. The van der Waals surface area contributed by atoms with Gasteiger partial charge < -0.3 is 9.47 Å². The molecule has 90 valence electrons. The van der Waals surface area contributed by atoms with Gasteiger partial charge in [-0.15, -0.1) is 12.4 Å². The average Bonchev–Trinajstić information content (AvgIpc) is 2.60. The second-order valence-corrected chi connectivity index (χ2v) is 4.09. The molecule has 0 amide bonds. The van der Waals surface area contributed by atoms with E-state index in [2.05, 4.69) is 12.2 Å². The predicted octanol–water partition coefficient (Wildman–Crippen LogP) is 2.30. The van der Waals surface area contributed by atoms with Crippen LogP contribution in [0.4, 0.5) is 0 Å². The first-order valence-corrected chi connectivity index (χ1v) is 5.21. The van der Waals surface area contributed by atoms with Crippen LogP contribution in [0.2, 0.25) is 0 Å². The third kappa shape index (κ3) is 2.32. The van der Waals surface area contributed by atoms with Gasteiger partial charge in [0.05, 0.1) is 13.7 Å². The Labute approximate surface area is 103 Å². The third-order valence-electron chi connectivity index (χ3n) is 2.76. The standard InChI is InChI=1S/C12H17NO2.ClH/c1-9-8-15-12(2,13-9)10-6-4-5-7-11(10)14-3;/h4-7,9,13H,8H2,1-3H3;1H. The number of hydrogen-bond donors (Lipinski definition) is 1. The highest BCUT2D eigenvalue weighted by molar-refractivity contribution is 5.85. The lowest BCUT2D eigenvalue weighted by Crippen LogP contribution is -2.38. The van der Waals surface area contributed by atoms with Crippen molar-refractivity contribution in [1.82, 2.24) is 5.32 Å². The van der Waals surface area contributed by atoms with Crippen molar-refractivity contribution in [2.24, 2.45) is 0 Å². The molecule has 0 bridgehead atoms. The number of para-hydroxylation sites is 1. The van der Waals surface area contributed by atoms with Crippen LogP contribution in [-0.4, -0.2) is 19.8 Å². The molecule has 0 radical (unpaired) electrons. The molecular weight excluding hydrogens is 226 g/mol. The van der Waals surface area contributed by atoms with Gasteiger partial charge in [-0.3, -0.25) is 5.32 Å². The molecule has 0 saturated carbocycles. The SMILES string of the molecule is COc1ccccc1C1(C)NC(C)CO1.Cl. The second-order valence-electron chi connectivity index (χ2n) is 4.09. The Morgan fingerprint density at radius 1 is 1.44 bits per heavy atom. The molecule has 0 aromatic heterocycles. The van der Waals surface area contributed by atoms with Crippen LogP contribution in [0.1, 0.15) is 19.4 Å². The molecule has 1 fully saturated rings. The van der Waals surface area contributed by atoms with Gasteiger partial charge in [0.1, 0.15) is 11.5 Å². The summed E-state index contributed by atoms with van der Waals surface area (Å²) in [5.74, 6) is 0.863. The van der Waals surface area contributed by atoms with E-state index < -0.39 is 5.72 Å². The molecule has 1 aliphatic heterocycles. The number of ether oxygens (including phenoxy) is 2. The Morgan fingerprint density at radius 2 is 2.12 bits per heavy atom. The molecule has 2 rings (SSSR count). The zero-order valence-corrected chi connectivity index (χ0v) is 10.6. The van der Waals surface area contributed by atoms with Gasteiger partial charge >= 0.3 is 0 Å². The maximum atomic E-state index is 5.79. The van der Waals surface area contributed by atoms with Gasteiger partial charge in [-0.2, -0.15) is 0 Å². The van der Waals surface area contributed by atoms with Gasteiger partial charge in [-0.1, -0.05) is 18.2 Å². The molecule has 3 nitrogen and oxygen atoms in total. The van der Waals surface area contributed by atoms with E-state index in [1.54, 1.807) is 7.11 Å². The first-order valence-electron chi connectivity index (χ1n) is 5.21. The number of nitrogens with one attached hydrogen (secondary N) is 1. The predicted molar refractivity (Wildman–Crippen MR) is 66.1 cm³/mol. The molecule has 1 aliphatic rings. The average molecular weight is 244 g/mol. The highest BCUT2D eigenvalue weighted by Gasteiger charge is 2.36. The van der Waals surface area contributed by atoms with Crippen LogP contribution in [0, 0.1) is 0 Å². The summed E-state index contributed by atoms with van der Waals surface area (Å²) in [5, 5.41) is 3.42. The summed E-state index contributed by atoms with van der Waals surface area (Å²) in [7, 11) is 1.68. The van der Waals surface area contributed by atoms with E-state index in [-0.39, 0.29) is 12.4 Å². The Balaban J connectivity index is 0.00000128. The Kier molecular flexibility index (Phi) is 4.19. The van der Waals surface area contributed by atoms with Crippen molar-refractivity contribution in [3.05, 3.63) is 29.8 Å². The number of benzene rings is 1. The van der Waals surface area contributed by atoms with Crippen LogP contribution in [0.5, 0.6) is 5.75 Å². The van der Waals surface area contributed by atoms with Gasteiger partial charge in [-0.05, 0) is 19.9 Å². The van der Waals surface area contributed by atoms with Crippen LogP contribution in [0.25, 0.3) is 0 Å². The van der Waals surface area contributed by atoms with Crippen LogP contribution in [0.15, 0.2) is 24.3 Å². The molecule has 4 heteroatoms. The van der Waals surface area contributed by atoms with Crippen LogP contribution in [-0.2, 0) is 10.5 Å². The summed E-state index contributed by atoms with van der Waals surface area (Å²) < 4.78 is 11.1. The van der Waals surface area contributed by atoms with Crippen molar-refractivity contribution in [3.8, 4) is 5.75 Å². The van der Waals surface area contributed by atoms with Crippen LogP contribution < -0.4 is 10.1 Å². The number of halogens is 1. The summed E-state index contributed by atoms with van der Waals surface area (Å²) in [6.07, 6.45) is 0. The lowest BCUT2D eigenvalue weighted by molar-refractivity contribution is 0.000580. The lowest BCUT2D eigenvalue weighted by atomic mass is 10.0. The summed E-state index contributed by atoms with van der Waals surface area (Å²) in [6.45, 7) is 4.88. The smallest absolute Gasteiger partial charge is 0.146 e. The fraction of sp³-hybridized carbons (Fsp3) is 0.500. The quantitative estimate of drug-likeness (QED) is 0.865. The van der Waals surface area contributed by atoms with Gasteiger partial charge in [0.15, 0.2) is 0 Å². The zero-order chi connectivity index (χ0) is 10.9. The lowest BCUT2D eigenvalue weighted by Gasteiger charge is -2.26. The van der Waals surface area contributed by atoms with Crippen molar-refractivity contribution in [2.75, 3.05) is 13.7 Å². The number of methoxy groups -OCH3 is 1. The van der Waals surface area contributed by atoms with E-state index in [4.69, 9.17) is 9.47 Å². The first-order chi connectivity index (χ1) is 7.15. The minimum Gasteiger partial charge on any atom is -0.496 e. The van der Waals surface area contributed by atoms with Crippen LogP contribution >= 0.6 is 12.4 Å². The molecule has 0 aliphatic carbocycles. The first kappa shape index (κ1) is 13.3. The van der Waals surface area contributed by atoms with Gasteiger partial charge in [0, 0.05) is 11.6 Å². The number of rotatable bonds is 2. The minimum atomic E-state index is -0.425. The summed E-state index contributed by atoms with van der Waals surface area (Å²) in [6, 6.07) is 8.32. The van der Waals surface area contributed by atoms with E-state index >= 15 is 0 Å². The van der Waals surface area contributed by atoms with Crippen molar-refractivity contribution < 1.29 is 9.47 Å². The zero-order valence-electron chi connectivity index (χ0n) is 9.82. The minimum absolute atomic E-state index is 0. The van der Waals surface area contributed by atoms with Crippen molar-refractivity contribution in [3.63, 3.8) is 0 Å². The third-order valence-corrected chi connectivity index (χ3v) is 2.76. The molecule has 1 N–H and O–H groups in total. The van der Waals surface area contributed by atoms with Crippen molar-refractivity contribution in [1.29, 1.82) is 0 Å². The molecule has 0 spiro atoms. The van der Waals surface area contributed by atoms with Gasteiger partial charge in [0.25, 0.3) is 0 Å². The molecule has 2 atom stereocenters. The maximum Gasteiger partial charge on any atom is 0.146 e. The van der Waals surface area contributed by atoms with E-state index in [9.17, 15) is 0 Å². The second kappa shape index (κ2) is 5.04. The molecule has 1 aromatic rings. The van der Waals surface area contributed by atoms with Crippen molar-refractivity contribution in [2.45, 2.75) is 25.6 Å². The molecule has 2 unspecified atom stereocenters. The highest BCUT2D eigenvalue weighted by atomic mass is 35.5. The Morgan fingerprint density at radius 3 is 2.69 bits per heavy atom. The topological polar surface area (TPSA) is 30.5 Å². The van der Waals surface area contributed by atoms with Gasteiger partial charge in [0.2, 0.25) is 0 Å². The summed E-state index contributed by atoms with van der Waals surface area (Å²) in [4.78, 5) is 0. The highest BCUT2D eigenvalue weighted by Crippen LogP contribution is 2.33.